The van der Waals surface area contributed by atoms with Crippen LogP contribution in [0.25, 0.3) is 0 Å². The van der Waals surface area contributed by atoms with Crippen LogP contribution in [0.1, 0.15) is 19.8 Å². The first kappa shape index (κ1) is 19.0. The van der Waals surface area contributed by atoms with E-state index >= 15 is 0 Å². The lowest BCUT2D eigenvalue weighted by Gasteiger charge is -2.30. The second-order valence-electron chi connectivity index (χ2n) is 5.66. The van der Waals surface area contributed by atoms with Crippen molar-refractivity contribution in [2.75, 3.05) is 29.9 Å². The summed E-state index contributed by atoms with van der Waals surface area (Å²) >= 11 is 1.62. The zero-order valence-electron chi connectivity index (χ0n) is 13.9. The van der Waals surface area contributed by atoms with Crippen LogP contribution in [0.4, 0.5) is 5.69 Å². The van der Waals surface area contributed by atoms with Gasteiger partial charge in [-0.05, 0) is 31.9 Å². The molecule has 5 nitrogen and oxygen atoms in total. The van der Waals surface area contributed by atoms with Crippen LogP contribution in [0.5, 0.6) is 0 Å². The molecule has 1 fully saturated rings. The minimum absolute atomic E-state index is 0.0322. The lowest BCUT2D eigenvalue weighted by molar-refractivity contribution is -0.120. The number of para-hydroxylation sites is 1. The number of carbonyl (C=O) groups excluding carboxylic acids is 1. The van der Waals surface area contributed by atoms with E-state index in [9.17, 15) is 13.2 Å². The number of sulfonamides is 1. The SMILES string of the molecule is C=CCSc1ccccc1NC(=O)C1CCN(S(=O)(=O)CC)CC1. The molecule has 0 saturated carbocycles. The van der Waals surface area contributed by atoms with Crippen LogP contribution in [-0.4, -0.2) is 43.2 Å². The van der Waals surface area contributed by atoms with E-state index in [2.05, 4.69) is 11.9 Å². The van der Waals surface area contributed by atoms with Crippen molar-refractivity contribution in [3.8, 4) is 0 Å². The average Bonchev–Trinajstić information content (AvgIpc) is 2.61. The van der Waals surface area contributed by atoms with Crippen LogP contribution in [0.2, 0.25) is 0 Å². The molecule has 1 aliphatic rings. The molecule has 1 N–H and O–H groups in total. The Morgan fingerprint density at radius 1 is 1.38 bits per heavy atom. The zero-order chi connectivity index (χ0) is 17.6. The number of anilines is 1. The minimum Gasteiger partial charge on any atom is -0.325 e. The zero-order valence-corrected chi connectivity index (χ0v) is 15.5. The normalized spacial score (nSPS) is 16.7. The number of carbonyl (C=O) groups is 1. The molecule has 0 aromatic heterocycles. The summed E-state index contributed by atoms with van der Waals surface area (Å²) < 4.78 is 25.3. The van der Waals surface area contributed by atoms with Crippen LogP contribution in [0.3, 0.4) is 0 Å². The Hall–Kier alpha value is -1.31. The molecule has 1 aromatic rings. The van der Waals surface area contributed by atoms with Crippen molar-refractivity contribution in [2.45, 2.75) is 24.7 Å². The first-order chi connectivity index (χ1) is 11.5. The van der Waals surface area contributed by atoms with Crippen molar-refractivity contribution in [2.24, 2.45) is 5.92 Å². The molecule has 1 heterocycles. The second-order valence-corrected chi connectivity index (χ2v) is 8.98. The van der Waals surface area contributed by atoms with E-state index in [1.165, 1.54) is 4.31 Å². The maximum atomic E-state index is 12.5. The van der Waals surface area contributed by atoms with Crippen LogP contribution in [-0.2, 0) is 14.8 Å². The van der Waals surface area contributed by atoms with Crippen LogP contribution in [0.15, 0.2) is 41.8 Å². The van der Waals surface area contributed by atoms with E-state index in [0.717, 1.165) is 16.3 Å². The molecular formula is C17H24N2O3S2. The van der Waals surface area contributed by atoms with Crippen molar-refractivity contribution < 1.29 is 13.2 Å². The molecule has 0 unspecified atom stereocenters. The van der Waals surface area contributed by atoms with Gasteiger partial charge in [-0.25, -0.2) is 12.7 Å². The van der Waals surface area contributed by atoms with Crippen LogP contribution >= 0.6 is 11.8 Å². The Balaban J connectivity index is 1.96. The fourth-order valence-corrected chi connectivity index (χ4v) is 4.54. The van der Waals surface area contributed by atoms with Gasteiger partial charge in [0.25, 0.3) is 0 Å². The molecule has 1 amide bonds. The molecule has 132 valence electrons. The van der Waals surface area contributed by atoms with Crippen molar-refractivity contribution in [3.63, 3.8) is 0 Å². The fourth-order valence-electron chi connectivity index (χ4n) is 2.66. The number of amides is 1. The summed E-state index contributed by atoms with van der Waals surface area (Å²) in [7, 11) is -3.16. The number of thioether (sulfide) groups is 1. The first-order valence-corrected chi connectivity index (χ1v) is 10.7. The lowest BCUT2D eigenvalue weighted by atomic mass is 9.97. The highest BCUT2D eigenvalue weighted by Gasteiger charge is 2.30. The van der Waals surface area contributed by atoms with Gasteiger partial charge >= 0.3 is 0 Å². The summed E-state index contributed by atoms with van der Waals surface area (Å²) in [6, 6.07) is 7.69. The predicted octanol–water partition coefficient (Wildman–Crippen LogP) is 2.96. The van der Waals surface area contributed by atoms with Gasteiger partial charge in [0.05, 0.1) is 11.4 Å². The summed E-state index contributed by atoms with van der Waals surface area (Å²) in [5, 5.41) is 2.99. The highest BCUT2D eigenvalue weighted by atomic mass is 32.2. The molecule has 7 heteroatoms. The summed E-state index contributed by atoms with van der Waals surface area (Å²) in [5.74, 6) is 0.707. The molecule has 0 aliphatic carbocycles. The molecule has 1 aliphatic heterocycles. The highest BCUT2D eigenvalue weighted by molar-refractivity contribution is 7.99. The summed E-state index contributed by atoms with van der Waals surface area (Å²) in [6.07, 6.45) is 2.95. The van der Waals surface area contributed by atoms with Gasteiger partial charge < -0.3 is 5.32 Å². The Morgan fingerprint density at radius 2 is 2.04 bits per heavy atom. The van der Waals surface area contributed by atoms with Gasteiger partial charge in [-0.2, -0.15) is 0 Å². The molecule has 0 spiro atoms. The number of piperidine rings is 1. The molecule has 1 saturated heterocycles. The van der Waals surface area contributed by atoms with E-state index in [1.807, 2.05) is 30.3 Å². The van der Waals surface area contributed by atoms with Crippen molar-refractivity contribution in [1.29, 1.82) is 0 Å². The number of nitrogens with one attached hydrogen (secondary N) is 1. The van der Waals surface area contributed by atoms with Gasteiger partial charge in [-0.3, -0.25) is 4.79 Å². The van der Waals surface area contributed by atoms with Crippen molar-refractivity contribution >= 4 is 33.4 Å². The molecule has 24 heavy (non-hydrogen) atoms. The van der Waals surface area contributed by atoms with Gasteiger partial charge in [0.1, 0.15) is 0 Å². The molecule has 2 rings (SSSR count). The standard InChI is InChI=1S/C17H24N2O3S2/c1-3-13-23-16-8-6-5-7-15(16)18-17(20)14-9-11-19(12-10-14)24(21,22)4-2/h3,5-8,14H,1,4,9-13H2,2H3,(H,18,20). The Labute approximate surface area is 148 Å². The number of hydrogen-bond acceptors (Lipinski definition) is 4. The maximum Gasteiger partial charge on any atom is 0.227 e. The monoisotopic (exact) mass is 368 g/mol. The summed E-state index contributed by atoms with van der Waals surface area (Å²) in [5.41, 5.74) is 0.804. The quantitative estimate of drug-likeness (QED) is 0.593. The highest BCUT2D eigenvalue weighted by Crippen LogP contribution is 2.28. The van der Waals surface area contributed by atoms with Crippen LogP contribution < -0.4 is 5.32 Å². The van der Waals surface area contributed by atoms with Gasteiger partial charge in [-0.15, -0.1) is 18.3 Å². The van der Waals surface area contributed by atoms with E-state index in [-0.39, 0.29) is 17.6 Å². The molecule has 0 bridgehead atoms. The van der Waals surface area contributed by atoms with Crippen LogP contribution in [0, 0.1) is 5.92 Å². The number of hydrogen-bond donors (Lipinski definition) is 1. The Kier molecular flexibility index (Phi) is 6.89. The third-order valence-electron chi connectivity index (χ3n) is 4.08. The van der Waals surface area contributed by atoms with E-state index < -0.39 is 10.0 Å². The molecular weight excluding hydrogens is 344 g/mol. The molecule has 0 atom stereocenters. The summed E-state index contributed by atoms with van der Waals surface area (Å²) in [4.78, 5) is 13.5. The topological polar surface area (TPSA) is 66.5 Å². The number of nitrogens with zero attached hydrogens (tertiary/aromatic N) is 1. The van der Waals surface area contributed by atoms with E-state index in [4.69, 9.17) is 0 Å². The van der Waals surface area contributed by atoms with Gasteiger partial charge in [-0.1, -0.05) is 18.2 Å². The Morgan fingerprint density at radius 3 is 2.67 bits per heavy atom. The van der Waals surface area contributed by atoms with Crippen molar-refractivity contribution in [1.82, 2.24) is 4.31 Å². The van der Waals surface area contributed by atoms with Gasteiger partial charge in [0.2, 0.25) is 15.9 Å². The first-order valence-electron chi connectivity index (χ1n) is 8.09. The van der Waals surface area contributed by atoms with Crippen molar-refractivity contribution in [3.05, 3.63) is 36.9 Å². The smallest absolute Gasteiger partial charge is 0.227 e. The minimum atomic E-state index is -3.16. The van der Waals surface area contributed by atoms with E-state index in [0.29, 0.717) is 25.9 Å². The fraction of sp³-hybridized carbons (Fsp3) is 0.471. The predicted molar refractivity (Wildman–Crippen MR) is 99.8 cm³/mol. The Bertz CT molecular complexity index is 681. The van der Waals surface area contributed by atoms with Gasteiger partial charge in [0.15, 0.2) is 0 Å². The lowest BCUT2D eigenvalue weighted by Crippen LogP contribution is -2.42. The summed E-state index contributed by atoms with van der Waals surface area (Å²) in [6.45, 7) is 6.19. The van der Waals surface area contributed by atoms with E-state index in [1.54, 1.807) is 18.7 Å². The average molecular weight is 369 g/mol. The third kappa shape index (κ3) is 4.84. The maximum absolute atomic E-state index is 12.5. The number of benzene rings is 1. The largest absolute Gasteiger partial charge is 0.325 e. The number of rotatable bonds is 7. The van der Waals surface area contributed by atoms with Gasteiger partial charge in [0, 0.05) is 29.7 Å². The molecule has 1 aromatic carbocycles. The third-order valence-corrected chi connectivity index (χ3v) is 7.04. The molecule has 0 radical (unpaired) electrons. The second kappa shape index (κ2) is 8.69.